The van der Waals surface area contributed by atoms with Gasteiger partial charge in [0.05, 0.1) is 6.54 Å². The molecule has 4 aliphatic rings. The van der Waals surface area contributed by atoms with Gasteiger partial charge < -0.3 is 14.7 Å². The predicted molar refractivity (Wildman–Crippen MR) is 99.9 cm³/mol. The van der Waals surface area contributed by atoms with Gasteiger partial charge in [0, 0.05) is 10.9 Å². The van der Waals surface area contributed by atoms with Crippen molar-refractivity contribution in [3.05, 3.63) is 40.4 Å². The second-order valence-electron chi connectivity index (χ2n) is 8.84. The molecule has 0 radical (unpaired) electrons. The van der Waals surface area contributed by atoms with Crippen LogP contribution in [0.2, 0.25) is 0 Å². The van der Waals surface area contributed by atoms with Crippen molar-refractivity contribution in [2.75, 3.05) is 0 Å². The average Bonchev–Trinajstić information content (AvgIpc) is 2.99. The Morgan fingerprint density at radius 2 is 1.81 bits per heavy atom. The molecule has 0 saturated heterocycles. The highest BCUT2D eigenvalue weighted by Crippen LogP contribution is 2.55. The number of aromatic nitrogens is 2. The summed E-state index contributed by atoms with van der Waals surface area (Å²) in [5, 5.41) is 4.72. The summed E-state index contributed by atoms with van der Waals surface area (Å²) in [6.45, 7) is 0.622. The normalized spacial score (nSPS) is 32.7. The summed E-state index contributed by atoms with van der Waals surface area (Å²) in [6.07, 6.45) is 8.18. The van der Waals surface area contributed by atoms with E-state index in [1.807, 2.05) is 24.3 Å². The topological polar surface area (TPSA) is 70.9 Å². The molecule has 1 aromatic carbocycles. The number of hydrogen-bond acceptors (Lipinski definition) is 4. The van der Waals surface area contributed by atoms with Crippen LogP contribution in [0.15, 0.2) is 33.5 Å². The van der Waals surface area contributed by atoms with Crippen LogP contribution in [0.1, 0.15) is 44.3 Å². The van der Waals surface area contributed by atoms with E-state index in [2.05, 4.69) is 10.3 Å². The molecular formula is C21H23N3O2. The molecule has 3 aromatic rings. The van der Waals surface area contributed by atoms with Crippen molar-refractivity contribution in [2.45, 2.75) is 50.6 Å². The van der Waals surface area contributed by atoms with Gasteiger partial charge in [0.2, 0.25) is 5.58 Å². The number of nitrogens with one attached hydrogen (secondary N) is 2. The van der Waals surface area contributed by atoms with Crippen LogP contribution in [0, 0.1) is 17.8 Å². The van der Waals surface area contributed by atoms with Gasteiger partial charge in [-0.1, -0.05) is 12.1 Å². The summed E-state index contributed by atoms with van der Waals surface area (Å²) in [7, 11) is 0. The second-order valence-corrected chi connectivity index (χ2v) is 8.84. The molecule has 0 aliphatic heterocycles. The van der Waals surface area contributed by atoms with Gasteiger partial charge in [-0.05, 0) is 68.4 Å². The van der Waals surface area contributed by atoms with Crippen LogP contribution in [0.4, 0.5) is 0 Å². The maximum atomic E-state index is 12.5. The zero-order valence-electron chi connectivity index (χ0n) is 14.8. The molecule has 0 unspecified atom stereocenters. The third kappa shape index (κ3) is 2.19. The summed E-state index contributed by atoms with van der Waals surface area (Å²) in [5.41, 5.74) is 1.79. The first-order chi connectivity index (χ1) is 12.7. The largest absolute Gasteiger partial charge is 0.449 e. The van der Waals surface area contributed by atoms with E-state index in [0.717, 1.165) is 23.1 Å². The first-order valence-electron chi connectivity index (χ1n) is 9.83. The SMILES string of the molecule is O=c1[nH]c(CNC23CC4CC(CC(C4)C2)C3)nc2c1oc1ccccc12. The van der Waals surface area contributed by atoms with E-state index in [0.29, 0.717) is 29.1 Å². The standard InChI is InChI=1S/C21H23N3O2/c25-20-19-18(15-3-1-2-4-16(15)26-19)23-17(24-20)11-22-21-8-12-5-13(9-21)7-14(6-12)10-21/h1-4,12-14,22H,5-11H2,(H,23,24,25). The maximum absolute atomic E-state index is 12.5. The minimum absolute atomic E-state index is 0.187. The Bertz CT molecular complexity index is 1030. The van der Waals surface area contributed by atoms with Crippen molar-refractivity contribution in [2.24, 2.45) is 17.8 Å². The van der Waals surface area contributed by atoms with Crippen molar-refractivity contribution < 1.29 is 4.42 Å². The number of furan rings is 1. The zero-order valence-corrected chi connectivity index (χ0v) is 14.8. The highest BCUT2D eigenvalue weighted by Gasteiger charge is 2.50. The first-order valence-corrected chi connectivity index (χ1v) is 9.83. The molecule has 0 amide bonds. The van der Waals surface area contributed by atoms with Gasteiger partial charge >= 0.3 is 0 Å². The fraction of sp³-hybridized carbons (Fsp3) is 0.524. The van der Waals surface area contributed by atoms with Gasteiger partial charge in [0.1, 0.15) is 16.9 Å². The van der Waals surface area contributed by atoms with E-state index in [-0.39, 0.29) is 11.1 Å². The van der Waals surface area contributed by atoms with Crippen molar-refractivity contribution in [1.29, 1.82) is 0 Å². The quantitative estimate of drug-likeness (QED) is 0.756. The van der Waals surface area contributed by atoms with Gasteiger partial charge in [-0.2, -0.15) is 0 Å². The summed E-state index contributed by atoms with van der Waals surface area (Å²) < 4.78 is 5.69. The van der Waals surface area contributed by atoms with Crippen LogP contribution in [0.3, 0.4) is 0 Å². The van der Waals surface area contributed by atoms with Crippen molar-refractivity contribution in [1.82, 2.24) is 15.3 Å². The number of hydrogen-bond donors (Lipinski definition) is 2. The number of para-hydroxylation sites is 1. The molecular weight excluding hydrogens is 326 g/mol. The molecule has 7 rings (SSSR count). The van der Waals surface area contributed by atoms with E-state index >= 15 is 0 Å². The predicted octanol–water partition coefficient (Wildman–Crippen LogP) is 3.73. The fourth-order valence-corrected chi connectivity index (χ4v) is 6.33. The molecule has 134 valence electrons. The van der Waals surface area contributed by atoms with Crippen LogP contribution in [-0.4, -0.2) is 15.5 Å². The third-order valence-corrected chi connectivity index (χ3v) is 6.95. The number of fused-ring (bicyclic) bond motifs is 3. The molecule has 2 aromatic heterocycles. The van der Waals surface area contributed by atoms with Crippen molar-refractivity contribution in [3.63, 3.8) is 0 Å². The number of benzene rings is 1. The highest BCUT2D eigenvalue weighted by atomic mass is 16.3. The second kappa shape index (κ2) is 5.19. The molecule has 0 atom stereocenters. The van der Waals surface area contributed by atoms with Crippen LogP contribution in [0.25, 0.3) is 22.1 Å². The molecule has 4 fully saturated rings. The van der Waals surface area contributed by atoms with Gasteiger partial charge in [-0.3, -0.25) is 4.79 Å². The fourth-order valence-electron chi connectivity index (χ4n) is 6.33. The molecule has 0 spiro atoms. The van der Waals surface area contributed by atoms with Crippen molar-refractivity contribution in [3.8, 4) is 0 Å². The lowest BCUT2D eigenvalue weighted by molar-refractivity contribution is -0.0209. The molecule has 5 heteroatoms. The Morgan fingerprint density at radius 3 is 2.54 bits per heavy atom. The molecule has 5 nitrogen and oxygen atoms in total. The number of H-pyrrole nitrogens is 1. The maximum Gasteiger partial charge on any atom is 0.294 e. The number of rotatable bonds is 3. The summed E-state index contributed by atoms with van der Waals surface area (Å²) >= 11 is 0. The first kappa shape index (κ1) is 15.0. The van der Waals surface area contributed by atoms with Gasteiger partial charge in [0.25, 0.3) is 5.56 Å². The summed E-state index contributed by atoms with van der Waals surface area (Å²) in [5.74, 6) is 3.42. The smallest absolute Gasteiger partial charge is 0.294 e. The Kier molecular flexibility index (Phi) is 2.99. The van der Waals surface area contributed by atoms with Gasteiger partial charge in [-0.15, -0.1) is 0 Å². The van der Waals surface area contributed by atoms with E-state index in [1.165, 1.54) is 38.5 Å². The monoisotopic (exact) mass is 349 g/mol. The molecule has 2 heterocycles. The third-order valence-electron chi connectivity index (χ3n) is 6.95. The molecule has 4 saturated carbocycles. The Balaban J connectivity index is 1.33. The van der Waals surface area contributed by atoms with Crippen LogP contribution >= 0.6 is 0 Å². The van der Waals surface area contributed by atoms with Crippen LogP contribution in [-0.2, 0) is 6.54 Å². The van der Waals surface area contributed by atoms with Crippen LogP contribution in [0.5, 0.6) is 0 Å². The Labute approximate surface area is 151 Å². The lowest BCUT2D eigenvalue weighted by Gasteiger charge is -2.57. The average molecular weight is 349 g/mol. The Morgan fingerprint density at radius 1 is 1.12 bits per heavy atom. The van der Waals surface area contributed by atoms with Crippen LogP contribution < -0.4 is 10.9 Å². The molecule has 4 aliphatic carbocycles. The summed E-state index contributed by atoms with van der Waals surface area (Å²) in [6, 6.07) is 7.70. The Hall–Kier alpha value is -2.14. The lowest BCUT2D eigenvalue weighted by atomic mass is 9.53. The van der Waals surface area contributed by atoms with Gasteiger partial charge in [-0.25, -0.2) is 4.98 Å². The molecule has 26 heavy (non-hydrogen) atoms. The zero-order chi connectivity index (χ0) is 17.3. The lowest BCUT2D eigenvalue weighted by Crippen LogP contribution is -2.58. The molecule has 4 bridgehead atoms. The minimum atomic E-state index is -0.187. The van der Waals surface area contributed by atoms with Gasteiger partial charge in [0.15, 0.2) is 0 Å². The van der Waals surface area contributed by atoms with E-state index in [1.54, 1.807) is 0 Å². The van der Waals surface area contributed by atoms with Crippen molar-refractivity contribution >= 4 is 22.1 Å². The van der Waals surface area contributed by atoms with E-state index in [4.69, 9.17) is 9.40 Å². The van der Waals surface area contributed by atoms with E-state index < -0.39 is 0 Å². The summed E-state index contributed by atoms with van der Waals surface area (Å²) in [4.78, 5) is 20.1. The minimum Gasteiger partial charge on any atom is -0.449 e. The highest BCUT2D eigenvalue weighted by molar-refractivity contribution is 6.01. The van der Waals surface area contributed by atoms with E-state index in [9.17, 15) is 4.79 Å². The number of aromatic amines is 1. The molecule has 2 N–H and O–H groups in total. The number of nitrogens with zero attached hydrogens (tertiary/aromatic N) is 1.